The lowest BCUT2D eigenvalue weighted by molar-refractivity contribution is -0.154. The number of benzene rings is 1. The quantitative estimate of drug-likeness (QED) is 0.778. The Morgan fingerprint density at radius 3 is 2.71 bits per heavy atom. The van der Waals surface area contributed by atoms with Gasteiger partial charge in [-0.25, -0.2) is 0 Å². The molecule has 0 bridgehead atoms. The molecule has 0 aromatic heterocycles. The fourth-order valence-corrected chi connectivity index (χ4v) is 4.25. The van der Waals surface area contributed by atoms with Gasteiger partial charge in [-0.2, -0.15) is 4.31 Å². The normalized spacial score (nSPS) is 19.1. The zero-order valence-electron chi connectivity index (χ0n) is 12.3. The summed E-state index contributed by atoms with van der Waals surface area (Å²) in [6.45, 7) is 6.09. The predicted octanol–water partition coefficient (Wildman–Crippen LogP) is 4.02. The number of hydrogen-bond donors (Lipinski definition) is 2. The Hall–Kier alpha value is -0.600. The van der Waals surface area contributed by atoms with Gasteiger partial charge in [-0.1, -0.05) is 15.9 Å². The fraction of sp³-hybridized carbons (Fsp3) is 0.500. The van der Waals surface area contributed by atoms with Crippen LogP contribution in [0.5, 0.6) is 0 Å². The van der Waals surface area contributed by atoms with Crippen LogP contribution in [0.4, 0.5) is 0 Å². The third kappa shape index (κ3) is 3.98. The number of carbonyl (C=O) groups is 1. The van der Waals surface area contributed by atoms with Crippen LogP contribution in [-0.2, 0) is 16.1 Å². The van der Waals surface area contributed by atoms with E-state index in [1.54, 1.807) is 12.1 Å². The molecule has 0 spiro atoms. The zero-order chi connectivity index (χ0) is 15.8. The summed E-state index contributed by atoms with van der Waals surface area (Å²) in [5, 5.41) is 0. The second kappa shape index (κ2) is 5.89. The lowest BCUT2D eigenvalue weighted by atomic mass is 10.2. The van der Waals surface area contributed by atoms with Crippen molar-refractivity contribution in [2.75, 3.05) is 6.54 Å². The van der Waals surface area contributed by atoms with Gasteiger partial charge in [0.05, 0.1) is 11.3 Å². The third-order valence-corrected chi connectivity index (χ3v) is 5.52. The zero-order valence-corrected chi connectivity index (χ0v) is 14.7. The lowest BCUT2D eigenvalue weighted by Crippen LogP contribution is -2.28. The Morgan fingerprint density at radius 1 is 1.43 bits per heavy atom. The highest BCUT2D eigenvalue weighted by Gasteiger charge is 2.35. The van der Waals surface area contributed by atoms with Gasteiger partial charge in [0.1, 0.15) is 5.60 Å². The molecule has 7 heteroatoms. The molecule has 21 heavy (non-hydrogen) atoms. The number of ether oxygens (including phenoxy) is 1. The van der Waals surface area contributed by atoms with Crippen molar-refractivity contribution >= 4 is 32.7 Å². The number of carbonyl (C=O) groups excluding carboxylic acids is 1. The molecule has 1 aromatic rings. The van der Waals surface area contributed by atoms with Gasteiger partial charge in [-0.15, -0.1) is 10.8 Å². The summed E-state index contributed by atoms with van der Waals surface area (Å²) in [5.74, 6) is -0.338. The maximum atomic E-state index is 11.7. The Morgan fingerprint density at radius 2 is 2.10 bits per heavy atom. The lowest BCUT2D eigenvalue weighted by Gasteiger charge is -2.37. The van der Waals surface area contributed by atoms with Gasteiger partial charge in [0.2, 0.25) is 0 Å². The van der Waals surface area contributed by atoms with Crippen LogP contribution in [0.15, 0.2) is 27.6 Å². The van der Waals surface area contributed by atoms with Gasteiger partial charge in [0.25, 0.3) is 0 Å². The SMILES string of the molecule is CC(C)(C)OC(=O)CCN1Cc2cc(Br)ccc2S1(O)O. The first-order valence-corrected chi connectivity index (χ1v) is 8.93. The van der Waals surface area contributed by atoms with E-state index in [2.05, 4.69) is 15.9 Å². The number of halogens is 1. The Labute approximate surface area is 134 Å². The van der Waals surface area contributed by atoms with Crippen LogP contribution in [0, 0.1) is 0 Å². The van der Waals surface area contributed by atoms with E-state index in [-0.39, 0.29) is 18.9 Å². The van der Waals surface area contributed by atoms with Gasteiger partial charge in [-0.3, -0.25) is 13.9 Å². The molecule has 0 radical (unpaired) electrons. The largest absolute Gasteiger partial charge is 0.460 e. The molecule has 0 saturated heterocycles. The minimum atomic E-state index is -3.00. The molecule has 0 aliphatic carbocycles. The Balaban J connectivity index is 2.02. The first kappa shape index (κ1) is 16.8. The highest BCUT2D eigenvalue weighted by molar-refractivity contribution is 9.10. The van der Waals surface area contributed by atoms with Crippen LogP contribution < -0.4 is 0 Å². The molecule has 1 aliphatic heterocycles. The molecule has 0 amide bonds. The summed E-state index contributed by atoms with van der Waals surface area (Å²) in [7, 11) is -3.00. The summed E-state index contributed by atoms with van der Waals surface area (Å²) in [5.41, 5.74) is 0.340. The molecule has 1 heterocycles. The van der Waals surface area contributed by atoms with Crippen LogP contribution in [0.2, 0.25) is 0 Å². The number of esters is 1. The van der Waals surface area contributed by atoms with E-state index in [4.69, 9.17) is 4.74 Å². The number of nitrogens with zero attached hydrogens (tertiary/aromatic N) is 1. The minimum Gasteiger partial charge on any atom is -0.460 e. The van der Waals surface area contributed by atoms with E-state index in [9.17, 15) is 13.9 Å². The van der Waals surface area contributed by atoms with Crippen molar-refractivity contribution in [3.63, 3.8) is 0 Å². The maximum Gasteiger partial charge on any atom is 0.307 e. The predicted molar refractivity (Wildman–Crippen MR) is 86.1 cm³/mol. The van der Waals surface area contributed by atoms with Gasteiger partial charge in [-0.05, 0) is 44.5 Å². The van der Waals surface area contributed by atoms with E-state index >= 15 is 0 Å². The van der Waals surface area contributed by atoms with E-state index < -0.39 is 16.4 Å². The molecule has 1 aliphatic rings. The molecular weight excluding hydrogens is 358 g/mol. The van der Waals surface area contributed by atoms with Crippen molar-refractivity contribution in [2.24, 2.45) is 0 Å². The van der Waals surface area contributed by atoms with Crippen LogP contribution in [0.1, 0.15) is 32.8 Å². The first-order valence-electron chi connectivity index (χ1n) is 6.63. The molecule has 0 saturated carbocycles. The second-order valence-electron chi connectivity index (χ2n) is 5.97. The van der Waals surface area contributed by atoms with Crippen molar-refractivity contribution in [1.82, 2.24) is 4.31 Å². The molecule has 5 nitrogen and oxygen atoms in total. The topological polar surface area (TPSA) is 70.0 Å². The second-order valence-corrected chi connectivity index (χ2v) is 8.88. The first-order chi connectivity index (χ1) is 9.59. The molecule has 0 atom stereocenters. The summed E-state index contributed by atoms with van der Waals surface area (Å²) in [6, 6.07) is 5.36. The van der Waals surface area contributed by atoms with Gasteiger partial charge in [0.15, 0.2) is 0 Å². The molecule has 2 N–H and O–H groups in total. The van der Waals surface area contributed by atoms with Gasteiger partial charge in [0, 0.05) is 17.6 Å². The number of rotatable bonds is 3. The van der Waals surface area contributed by atoms with Crippen molar-refractivity contribution in [2.45, 2.75) is 44.2 Å². The van der Waals surface area contributed by atoms with Crippen LogP contribution in [0.3, 0.4) is 0 Å². The average molecular weight is 378 g/mol. The Kier molecular flexibility index (Phi) is 4.70. The van der Waals surface area contributed by atoms with Crippen molar-refractivity contribution in [1.29, 1.82) is 0 Å². The molecule has 2 rings (SSSR count). The highest BCUT2D eigenvalue weighted by Crippen LogP contribution is 2.58. The van der Waals surface area contributed by atoms with E-state index in [0.717, 1.165) is 10.0 Å². The van der Waals surface area contributed by atoms with Crippen molar-refractivity contribution < 1.29 is 18.6 Å². The number of fused-ring (bicyclic) bond motifs is 1. The molecular formula is C14H20BrNO4S. The molecule has 0 unspecified atom stereocenters. The highest BCUT2D eigenvalue weighted by atomic mass is 79.9. The summed E-state index contributed by atoms with van der Waals surface area (Å²) in [6.07, 6.45) is 0.127. The Bertz CT molecular complexity index is 556. The van der Waals surface area contributed by atoms with E-state index in [0.29, 0.717) is 11.4 Å². The number of hydrogen-bond acceptors (Lipinski definition) is 5. The van der Waals surface area contributed by atoms with E-state index in [1.165, 1.54) is 4.31 Å². The monoisotopic (exact) mass is 377 g/mol. The van der Waals surface area contributed by atoms with Crippen LogP contribution in [0.25, 0.3) is 0 Å². The molecule has 1 aromatic carbocycles. The molecule has 0 fully saturated rings. The molecule has 118 valence electrons. The van der Waals surface area contributed by atoms with Gasteiger partial charge < -0.3 is 4.74 Å². The fourth-order valence-electron chi connectivity index (χ4n) is 2.17. The average Bonchev–Trinajstić information content (AvgIpc) is 2.55. The van der Waals surface area contributed by atoms with E-state index in [1.807, 2.05) is 26.8 Å². The van der Waals surface area contributed by atoms with Crippen LogP contribution in [-0.4, -0.2) is 31.5 Å². The minimum absolute atomic E-state index is 0.127. The third-order valence-electron chi connectivity index (χ3n) is 3.01. The summed E-state index contributed by atoms with van der Waals surface area (Å²) in [4.78, 5) is 12.3. The smallest absolute Gasteiger partial charge is 0.307 e. The summed E-state index contributed by atoms with van der Waals surface area (Å²) >= 11 is 3.37. The van der Waals surface area contributed by atoms with Gasteiger partial charge >= 0.3 is 5.97 Å². The van der Waals surface area contributed by atoms with Crippen molar-refractivity contribution in [3.8, 4) is 0 Å². The standard InChI is InChI=1S/C14H20BrNO4S/c1-14(2,3)20-13(17)6-7-16-9-10-8-11(15)4-5-12(10)21(16,18)19/h4-5,8,18-19H,6-7,9H2,1-3H3. The van der Waals surface area contributed by atoms with Crippen LogP contribution >= 0.6 is 26.7 Å². The van der Waals surface area contributed by atoms with Crippen molar-refractivity contribution in [3.05, 3.63) is 28.2 Å². The summed E-state index contributed by atoms with van der Waals surface area (Å²) < 4.78 is 28.3. The maximum absolute atomic E-state index is 11.7.